The van der Waals surface area contributed by atoms with E-state index in [0.717, 1.165) is 22.4 Å². The van der Waals surface area contributed by atoms with E-state index in [9.17, 15) is 9.59 Å². The maximum Gasteiger partial charge on any atom is 0.239 e. The lowest BCUT2D eigenvalue weighted by molar-refractivity contribution is -0.120. The molecule has 1 spiro atoms. The van der Waals surface area contributed by atoms with Crippen LogP contribution < -0.4 is 4.90 Å². The molecule has 1 saturated carbocycles. The highest BCUT2D eigenvalue weighted by atomic mass is 16.2. The average molecular weight is 430 g/mol. The van der Waals surface area contributed by atoms with Crippen LogP contribution >= 0.6 is 0 Å². The molecule has 33 heavy (non-hydrogen) atoms. The zero-order chi connectivity index (χ0) is 22.4. The molecule has 0 unspecified atom stereocenters. The number of hydrogen-bond donors (Lipinski definition) is 0. The van der Waals surface area contributed by atoms with E-state index >= 15 is 0 Å². The van der Waals surface area contributed by atoms with Crippen molar-refractivity contribution in [1.29, 1.82) is 0 Å². The first-order valence-corrected chi connectivity index (χ1v) is 11.3. The number of amides is 1. The summed E-state index contributed by atoms with van der Waals surface area (Å²) in [5.41, 5.74) is 3.79. The number of rotatable bonds is 5. The van der Waals surface area contributed by atoms with Crippen LogP contribution in [0.2, 0.25) is 0 Å². The second kappa shape index (κ2) is 7.56. The maximum absolute atomic E-state index is 14.3. The molecule has 1 heterocycles. The van der Waals surface area contributed by atoms with Crippen LogP contribution in [0.15, 0.2) is 115 Å². The van der Waals surface area contributed by atoms with Gasteiger partial charge in [-0.05, 0) is 22.8 Å². The van der Waals surface area contributed by atoms with Gasteiger partial charge in [-0.1, -0.05) is 109 Å². The lowest BCUT2D eigenvalue weighted by atomic mass is 9.90. The van der Waals surface area contributed by atoms with Gasteiger partial charge in [-0.3, -0.25) is 9.59 Å². The minimum Gasteiger partial charge on any atom is -0.307 e. The Morgan fingerprint density at radius 3 is 2.00 bits per heavy atom. The topological polar surface area (TPSA) is 37.4 Å². The zero-order valence-corrected chi connectivity index (χ0v) is 18.1. The van der Waals surface area contributed by atoms with Crippen molar-refractivity contribution in [3.63, 3.8) is 0 Å². The lowest BCUT2D eigenvalue weighted by Gasteiger charge is -2.18. The van der Waals surface area contributed by atoms with Gasteiger partial charge < -0.3 is 4.90 Å². The van der Waals surface area contributed by atoms with Crippen molar-refractivity contribution < 1.29 is 9.59 Å². The third-order valence-electron chi connectivity index (χ3n) is 7.13. The second-order valence-electron chi connectivity index (χ2n) is 8.86. The third kappa shape index (κ3) is 2.89. The molecule has 3 nitrogen and oxygen atoms in total. The summed E-state index contributed by atoms with van der Waals surface area (Å²) in [4.78, 5) is 29.9. The Labute approximate surface area is 193 Å². The highest BCUT2D eigenvalue weighted by molar-refractivity contribution is 6.18. The summed E-state index contributed by atoms with van der Waals surface area (Å²) in [6, 6.07) is 37.4. The molecular weight excluding hydrogens is 406 g/mol. The number of benzene rings is 4. The van der Waals surface area contributed by atoms with Gasteiger partial charge in [0.1, 0.15) is 0 Å². The van der Waals surface area contributed by atoms with Gasteiger partial charge in [-0.2, -0.15) is 0 Å². The molecule has 1 aliphatic carbocycles. The SMILES string of the molecule is O=C(c1ccccc1)[C@@H]1[C@@H](c2ccccc2)[C@@]12C(=O)N(Cc1ccccc1)c1ccccc12. The number of para-hydroxylation sites is 1. The number of anilines is 1. The summed E-state index contributed by atoms with van der Waals surface area (Å²) in [6.07, 6.45) is 0. The number of ketones is 1. The summed E-state index contributed by atoms with van der Waals surface area (Å²) >= 11 is 0. The summed E-state index contributed by atoms with van der Waals surface area (Å²) in [5.74, 6) is -0.539. The van der Waals surface area contributed by atoms with Crippen molar-refractivity contribution >= 4 is 17.4 Å². The Morgan fingerprint density at radius 1 is 0.727 bits per heavy atom. The van der Waals surface area contributed by atoms with E-state index in [-0.39, 0.29) is 17.6 Å². The van der Waals surface area contributed by atoms with Crippen LogP contribution in [-0.4, -0.2) is 11.7 Å². The molecule has 4 aromatic carbocycles. The molecule has 1 aliphatic heterocycles. The molecule has 6 rings (SSSR count). The van der Waals surface area contributed by atoms with Crippen molar-refractivity contribution in [2.24, 2.45) is 5.92 Å². The number of hydrogen-bond acceptors (Lipinski definition) is 2. The number of nitrogens with zero attached hydrogens (tertiary/aromatic N) is 1. The molecule has 0 bridgehead atoms. The van der Waals surface area contributed by atoms with Gasteiger partial charge in [0.2, 0.25) is 5.91 Å². The number of Topliss-reactive ketones (excluding diaryl/α,β-unsaturated/α-hetero) is 1. The summed E-state index contributed by atoms with van der Waals surface area (Å²) < 4.78 is 0. The van der Waals surface area contributed by atoms with Crippen LogP contribution in [-0.2, 0) is 16.8 Å². The van der Waals surface area contributed by atoms with Crippen molar-refractivity contribution in [2.45, 2.75) is 17.9 Å². The van der Waals surface area contributed by atoms with Gasteiger partial charge >= 0.3 is 0 Å². The van der Waals surface area contributed by atoms with Crippen LogP contribution in [0.5, 0.6) is 0 Å². The molecule has 160 valence electrons. The standard InChI is InChI=1S/C30H23NO2/c32-28(23-16-8-3-9-17-23)27-26(22-14-6-2-7-15-22)30(27)24-18-10-11-19-25(24)31(29(30)33)20-21-12-4-1-5-13-21/h1-19,26-27H,20H2/t26-,27+,30-/m1/s1. The highest BCUT2D eigenvalue weighted by Crippen LogP contribution is 2.71. The van der Waals surface area contributed by atoms with Gasteiger partial charge in [0, 0.05) is 23.1 Å². The molecule has 1 fully saturated rings. The Kier molecular flexibility index (Phi) is 4.51. The van der Waals surface area contributed by atoms with E-state index in [1.165, 1.54) is 0 Å². The van der Waals surface area contributed by atoms with Gasteiger partial charge in [-0.15, -0.1) is 0 Å². The summed E-state index contributed by atoms with van der Waals surface area (Å²) in [5, 5.41) is 0. The molecule has 0 radical (unpaired) electrons. The highest BCUT2D eigenvalue weighted by Gasteiger charge is 2.77. The summed E-state index contributed by atoms with van der Waals surface area (Å²) in [7, 11) is 0. The monoisotopic (exact) mass is 429 g/mol. The van der Waals surface area contributed by atoms with Crippen LogP contribution in [0.25, 0.3) is 0 Å². The van der Waals surface area contributed by atoms with E-state index in [4.69, 9.17) is 0 Å². The van der Waals surface area contributed by atoms with E-state index in [2.05, 4.69) is 0 Å². The van der Waals surface area contributed by atoms with Crippen molar-refractivity contribution in [2.75, 3.05) is 4.90 Å². The van der Waals surface area contributed by atoms with Crippen molar-refractivity contribution in [1.82, 2.24) is 0 Å². The fraction of sp³-hybridized carbons (Fsp3) is 0.133. The molecular formula is C30H23NO2. The van der Waals surface area contributed by atoms with Crippen LogP contribution in [0.4, 0.5) is 5.69 Å². The molecule has 3 atom stereocenters. The van der Waals surface area contributed by atoms with E-state index in [1.54, 1.807) is 0 Å². The first kappa shape index (κ1) is 19.7. The molecule has 1 amide bonds. The average Bonchev–Trinajstić information content (AvgIpc) is 3.53. The number of carbonyl (C=O) groups is 2. The van der Waals surface area contributed by atoms with Gasteiger partial charge in [0.25, 0.3) is 0 Å². The third-order valence-corrected chi connectivity index (χ3v) is 7.13. The predicted molar refractivity (Wildman–Crippen MR) is 129 cm³/mol. The van der Waals surface area contributed by atoms with E-state index in [0.29, 0.717) is 12.1 Å². The van der Waals surface area contributed by atoms with Crippen molar-refractivity contribution in [3.8, 4) is 0 Å². The molecule has 0 N–H and O–H groups in total. The van der Waals surface area contributed by atoms with Crippen LogP contribution in [0, 0.1) is 5.92 Å². The molecule has 3 heteroatoms. The van der Waals surface area contributed by atoms with E-state index < -0.39 is 11.3 Å². The van der Waals surface area contributed by atoms with Crippen LogP contribution in [0.1, 0.15) is 33.0 Å². The summed E-state index contributed by atoms with van der Waals surface area (Å²) in [6.45, 7) is 0.492. The molecule has 0 saturated heterocycles. The van der Waals surface area contributed by atoms with Crippen LogP contribution in [0.3, 0.4) is 0 Å². The Morgan fingerprint density at radius 2 is 1.30 bits per heavy atom. The smallest absolute Gasteiger partial charge is 0.239 e. The van der Waals surface area contributed by atoms with Gasteiger partial charge in [0.15, 0.2) is 5.78 Å². The molecule has 0 aromatic heterocycles. The first-order valence-electron chi connectivity index (χ1n) is 11.3. The Bertz CT molecular complexity index is 1330. The van der Waals surface area contributed by atoms with Gasteiger partial charge in [0.05, 0.1) is 12.0 Å². The second-order valence-corrected chi connectivity index (χ2v) is 8.86. The minimum atomic E-state index is -0.861. The predicted octanol–water partition coefficient (Wildman–Crippen LogP) is 5.77. The number of fused-ring (bicyclic) bond motifs is 2. The van der Waals surface area contributed by atoms with Gasteiger partial charge in [-0.25, -0.2) is 0 Å². The quantitative estimate of drug-likeness (QED) is 0.378. The largest absolute Gasteiger partial charge is 0.307 e. The first-order chi connectivity index (χ1) is 16.2. The zero-order valence-electron chi connectivity index (χ0n) is 18.1. The normalized spacial score (nSPS) is 22.9. The lowest BCUT2D eigenvalue weighted by Crippen LogP contribution is -2.34. The molecule has 4 aromatic rings. The fourth-order valence-electron chi connectivity index (χ4n) is 5.67. The van der Waals surface area contributed by atoms with Crippen molar-refractivity contribution in [3.05, 3.63) is 138 Å². The fourth-order valence-corrected chi connectivity index (χ4v) is 5.67. The van der Waals surface area contributed by atoms with E-state index in [1.807, 2.05) is 120 Å². The minimum absolute atomic E-state index is 0.0238. The maximum atomic E-state index is 14.3. The molecule has 2 aliphatic rings. The Balaban J connectivity index is 1.50. The Hall–Kier alpha value is -3.98. The number of carbonyl (C=O) groups excluding carboxylic acids is 2.